The van der Waals surface area contributed by atoms with Crippen LogP contribution in [0.3, 0.4) is 0 Å². The minimum Gasteiger partial charge on any atom is -0.482 e. The molecule has 1 aromatic heterocycles. The van der Waals surface area contributed by atoms with Crippen LogP contribution >= 0.6 is 50.7 Å². The van der Waals surface area contributed by atoms with Crippen molar-refractivity contribution in [3.8, 4) is 5.75 Å². The lowest BCUT2D eigenvalue weighted by atomic mass is 10.3. The molecule has 5 nitrogen and oxygen atoms in total. The van der Waals surface area contributed by atoms with Crippen molar-refractivity contribution in [1.82, 2.24) is 4.98 Å². The molecule has 0 aliphatic rings. The maximum absolute atomic E-state index is 11.8. The molecule has 0 bridgehead atoms. The molecule has 2 N–H and O–H groups in total. The molecule has 116 valence electrons. The minimum absolute atomic E-state index is 0.100. The van der Waals surface area contributed by atoms with Gasteiger partial charge in [-0.05, 0) is 28.1 Å². The molecule has 0 aliphatic heterocycles. The first-order valence-corrected chi connectivity index (χ1v) is 7.75. The highest BCUT2D eigenvalue weighted by atomic mass is 79.9. The lowest BCUT2D eigenvalue weighted by molar-refractivity contribution is -0.118. The topological polar surface area (TPSA) is 71.2 Å². The average Bonchev–Trinajstić information content (AvgIpc) is 2.45. The molecule has 9 heteroatoms. The molecule has 2 rings (SSSR count). The number of hydrogen-bond donors (Lipinski definition) is 2. The molecule has 0 fully saturated rings. The van der Waals surface area contributed by atoms with Gasteiger partial charge in [0.25, 0.3) is 11.5 Å². The SMILES string of the molecule is O=C(COc1cc(Cl)c(Cl)cc1Cl)Nc1cc(Br)c[nH]c1=O. The fourth-order valence-electron chi connectivity index (χ4n) is 1.49. The van der Waals surface area contributed by atoms with Crippen LogP contribution in [0.2, 0.25) is 15.1 Å². The minimum atomic E-state index is -0.522. The summed E-state index contributed by atoms with van der Waals surface area (Å²) in [6.07, 6.45) is 1.46. The van der Waals surface area contributed by atoms with E-state index in [-0.39, 0.29) is 33.1 Å². The molecule has 2 aromatic rings. The largest absolute Gasteiger partial charge is 0.482 e. The normalized spacial score (nSPS) is 10.4. The highest BCUT2D eigenvalue weighted by Gasteiger charge is 2.11. The summed E-state index contributed by atoms with van der Waals surface area (Å²) in [5, 5.41) is 3.19. The van der Waals surface area contributed by atoms with Crippen LogP contribution in [0.4, 0.5) is 5.69 Å². The first-order valence-electron chi connectivity index (χ1n) is 5.82. The molecule has 1 amide bonds. The molecule has 1 heterocycles. The Morgan fingerprint density at radius 3 is 2.59 bits per heavy atom. The number of carbonyl (C=O) groups excluding carboxylic acids is 1. The van der Waals surface area contributed by atoms with Gasteiger partial charge in [-0.15, -0.1) is 0 Å². The highest BCUT2D eigenvalue weighted by molar-refractivity contribution is 9.10. The van der Waals surface area contributed by atoms with Crippen molar-refractivity contribution < 1.29 is 9.53 Å². The summed E-state index contributed by atoms with van der Waals surface area (Å²) < 4.78 is 5.89. The molecule has 0 aliphatic carbocycles. The van der Waals surface area contributed by atoms with Gasteiger partial charge < -0.3 is 15.0 Å². The van der Waals surface area contributed by atoms with E-state index in [0.717, 1.165) is 0 Å². The van der Waals surface area contributed by atoms with Gasteiger partial charge in [-0.2, -0.15) is 0 Å². The fourth-order valence-corrected chi connectivity index (χ4v) is 2.43. The van der Waals surface area contributed by atoms with Crippen molar-refractivity contribution in [1.29, 1.82) is 0 Å². The quantitative estimate of drug-likeness (QED) is 0.723. The second-order valence-corrected chi connectivity index (χ2v) is 6.23. The molecular weight excluding hydrogens is 418 g/mol. The summed E-state index contributed by atoms with van der Waals surface area (Å²) in [5.74, 6) is -0.305. The lowest BCUT2D eigenvalue weighted by Gasteiger charge is -2.09. The van der Waals surface area contributed by atoms with Gasteiger partial charge in [-0.3, -0.25) is 9.59 Å². The van der Waals surface area contributed by atoms with Crippen molar-refractivity contribution in [3.63, 3.8) is 0 Å². The van der Waals surface area contributed by atoms with Gasteiger partial charge in [0.1, 0.15) is 11.4 Å². The molecule has 1 aromatic carbocycles. The maximum Gasteiger partial charge on any atom is 0.271 e. The molecule has 22 heavy (non-hydrogen) atoms. The Morgan fingerprint density at radius 1 is 1.18 bits per heavy atom. The van der Waals surface area contributed by atoms with E-state index in [1.807, 2.05) is 0 Å². The summed E-state index contributed by atoms with van der Waals surface area (Å²) >= 11 is 20.8. The van der Waals surface area contributed by atoms with Gasteiger partial charge in [-0.1, -0.05) is 34.8 Å². The number of halogens is 4. The Hall–Kier alpha value is -1.21. The van der Waals surface area contributed by atoms with Gasteiger partial charge in [0.2, 0.25) is 0 Å². The number of hydrogen-bond acceptors (Lipinski definition) is 3. The van der Waals surface area contributed by atoms with Crippen LogP contribution in [0.5, 0.6) is 5.75 Å². The van der Waals surface area contributed by atoms with E-state index >= 15 is 0 Å². The van der Waals surface area contributed by atoms with Crippen LogP contribution in [-0.4, -0.2) is 17.5 Å². The van der Waals surface area contributed by atoms with Gasteiger partial charge in [0.15, 0.2) is 6.61 Å². The number of amides is 1. The fraction of sp³-hybridized carbons (Fsp3) is 0.0769. The Morgan fingerprint density at radius 2 is 1.86 bits per heavy atom. The number of ether oxygens (including phenoxy) is 1. The second kappa shape index (κ2) is 7.37. The van der Waals surface area contributed by atoms with E-state index in [0.29, 0.717) is 4.47 Å². The first-order chi connectivity index (χ1) is 10.4. The summed E-state index contributed by atoms with van der Waals surface area (Å²) in [7, 11) is 0. The van der Waals surface area contributed by atoms with Gasteiger partial charge in [-0.25, -0.2) is 0 Å². The van der Waals surface area contributed by atoms with Gasteiger partial charge >= 0.3 is 0 Å². The standard InChI is InChI=1S/C13H8BrCl3N2O3/c14-6-1-10(13(21)18-4-6)19-12(20)5-22-11-3-8(16)7(15)2-9(11)17/h1-4H,5H2,(H,18,21)(H,19,20). The molecule has 0 unspecified atom stereocenters. The van der Waals surface area contributed by atoms with Crippen LogP contribution in [0.15, 0.2) is 33.7 Å². The summed E-state index contributed by atoms with van der Waals surface area (Å²) in [4.78, 5) is 25.8. The highest BCUT2D eigenvalue weighted by Crippen LogP contribution is 2.33. The van der Waals surface area contributed by atoms with Crippen LogP contribution in [0.1, 0.15) is 0 Å². The van der Waals surface area contributed by atoms with Crippen molar-refractivity contribution in [2.45, 2.75) is 0 Å². The number of carbonyl (C=O) groups is 1. The number of nitrogens with one attached hydrogen (secondary N) is 2. The number of anilines is 1. The Kier molecular flexibility index (Phi) is 5.74. The molecule has 0 saturated heterocycles. The summed E-state index contributed by atoms with van der Waals surface area (Å²) in [5.41, 5.74) is -0.327. The molecule has 0 atom stereocenters. The average molecular weight is 426 g/mol. The number of benzene rings is 1. The van der Waals surface area contributed by atoms with Crippen LogP contribution in [-0.2, 0) is 4.79 Å². The number of pyridine rings is 1. The van der Waals surface area contributed by atoms with E-state index in [2.05, 4.69) is 26.2 Å². The zero-order chi connectivity index (χ0) is 16.3. The third-order valence-electron chi connectivity index (χ3n) is 2.48. The second-order valence-electron chi connectivity index (χ2n) is 4.09. The molecule has 0 saturated carbocycles. The monoisotopic (exact) mass is 424 g/mol. The lowest BCUT2D eigenvalue weighted by Crippen LogP contribution is -2.24. The number of rotatable bonds is 4. The number of aromatic amines is 1. The van der Waals surface area contributed by atoms with E-state index in [4.69, 9.17) is 39.5 Å². The summed E-state index contributed by atoms with van der Waals surface area (Å²) in [6, 6.07) is 4.30. The van der Waals surface area contributed by atoms with E-state index in [1.165, 1.54) is 24.4 Å². The zero-order valence-corrected chi connectivity index (χ0v) is 14.6. The van der Waals surface area contributed by atoms with Crippen LogP contribution in [0, 0.1) is 0 Å². The Bertz CT molecular complexity index is 780. The number of aromatic nitrogens is 1. The van der Waals surface area contributed by atoms with E-state index < -0.39 is 11.5 Å². The van der Waals surface area contributed by atoms with E-state index in [9.17, 15) is 9.59 Å². The van der Waals surface area contributed by atoms with Crippen LogP contribution < -0.4 is 15.6 Å². The molecule has 0 spiro atoms. The van der Waals surface area contributed by atoms with Crippen molar-refractivity contribution in [2.75, 3.05) is 11.9 Å². The van der Waals surface area contributed by atoms with Crippen molar-refractivity contribution >= 4 is 62.3 Å². The van der Waals surface area contributed by atoms with E-state index in [1.54, 1.807) is 0 Å². The number of H-pyrrole nitrogens is 1. The molecular formula is C13H8BrCl3N2O3. The van der Waals surface area contributed by atoms with Crippen molar-refractivity contribution in [3.05, 3.63) is 54.3 Å². The predicted molar refractivity (Wildman–Crippen MR) is 90.4 cm³/mol. The third kappa shape index (κ3) is 4.39. The predicted octanol–water partition coefficient (Wildman–Crippen LogP) is 4.12. The zero-order valence-electron chi connectivity index (χ0n) is 10.8. The van der Waals surface area contributed by atoms with Crippen LogP contribution in [0.25, 0.3) is 0 Å². The Labute approximate surface area is 148 Å². The van der Waals surface area contributed by atoms with Gasteiger partial charge in [0, 0.05) is 16.7 Å². The molecule has 0 radical (unpaired) electrons. The smallest absolute Gasteiger partial charge is 0.271 e. The summed E-state index contributed by atoms with van der Waals surface area (Å²) in [6.45, 7) is -0.344. The van der Waals surface area contributed by atoms with Crippen molar-refractivity contribution in [2.24, 2.45) is 0 Å². The first kappa shape index (κ1) is 17.1. The van der Waals surface area contributed by atoms with Gasteiger partial charge in [0.05, 0.1) is 15.1 Å². The Balaban J connectivity index is 2.03. The maximum atomic E-state index is 11.8. The third-order valence-corrected chi connectivity index (χ3v) is 3.95.